The van der Waals surface area contributed by atoms with Crippen LogP contribution in [0.3, 0.4) is 0 Å². The molecule has 0 heterocycles. The van der Waals surface area contributed by atoms with Crippen LogP contribution in [0.15, 0.2) is 6.07 Å². The summed E-state index contributed by atoms with van der Waals surface area (Å²) >= 11 is 12.8. The van der Waals surface area contributed by atoms with Crippen molar-refractivity contribution in [3.05, 3.63) is 32.8 Å². The molecule has 0 amide bonds. The summed E-state index contributed by atoms with van der Waals surface area (Å²) in [5.41, 5.74) is 3.04. The predicted octanol–water partition coefficient (Wildman–Crippen LogP) is 4.39. The van der Waals surface area contributed by atoms with Crippen LogP contribution in [0.2, 0.25) is 10.0 Å². The smallest absolute Gasteiger partial charge is 0.312 e. The summed E-state index contributed by atoms with van der Waals surface area (Å²) in [6.07, 6.45) is 3.05. The molecule has 1 aliphatic carbocycles. The van der Waals surface area contributed by atoms with Crippen molar-refractivity contribution in [1.29, 1.82) is 0 Å². The molecule has 0 N–H and O–H groups in total. The Morgan fingerprint density at radius 3 is 2.63 bits per heavy atom. The minimum atomic E-state index is -0.388. The molecule has 0 aromatic heterocycles. The van der Waals surface area contributed by atoms with Crippen molar-refractivity contribution < 1.29 is 9.53 Å². The molecular weight excluding hydrogens is 283 g/mol. The Kier molecular flexibility index (Phi) is 4.42. The monoisotopic (exact) mass is 300 g/mol. The molecular formula is C15H18Cl2O2. The number of hydrogen-bond donors (Lipinski definition) is 0. The van der Waals surface area contributed by atoms with E-state index in [1.54, 1.807) is 6.92 Å². The van der Waals surface area contributed by atoms with Gasteiger partial charge in [0.25, 0.3) is 0 Å². The number of fused-ring (bicyclic) bond motifs is 1. The molecule has 0 saturated carbocycles. The summed E-state index contributed by atoms with van der Waals surface area (Å²) in [6, 6.07) is 1.82. The molecule has 2 unspecified atom stereocenters. The van der Waals surface area contributed by atoms with Crippen molar-refractivity contribution in [2.75, 3.05) is 7.11 Å². The second kappa shape index (κ2) is 5.72. The van der Waals surface area contributed by atoms with E-state index < -0.39 is 0 Å². The lowest BCUT2D eigenvalue weighted by molar-refractivity contribution is -0.141. The highest BCUT2D eigenvalue weighted by Gasteiger charge is 2.29. The second-order valence-corrected chi connectivity index (χ2v) is 5.93. The fourth-order valence-corrected chi connectivity index (χ4v) is 3.45. The molecule has 0 aliphatic heterocycles. The summed E-state index contributed by atoms with van der Waals surface area (Å²) < 4.78 is 4.78. The van der Waals surface area contributed by atoms with Gasteiger partial charge in [0.05, 0.1) is 13.0 Å². The van der Waals surface area contributed by atoms with Gasteiger partial charge in [-0.05, 0) is 48.4 Å². The summed E-state index contributed by atoms with van der Waals surface area (Å²) in [5.74, 6) is -0.0717. The SMILES string of the molecule is CCC1Cc2c(Cl)cc(C(C)C(=O)OC)c(Cl)c2C1. The van der Waals surface area contributed by atoms with Crippen molar-refractivity contribution >= 4 is 29.2 Å². The molecule has 19 heavy (non-hydrogen) atoms. The van der Waals surface area contributed by atoms with E-state index >= 15 is 0 Å². The molecule has 0 bridgehead atoms. The normalized spacial score (nSPS) is 19.1. The van der Waals surface area contributed by atoms with Crippen molar-refractivity contribution in [2.45, 2.75) is 39.0 Å². The van der Waals surface area contributed by atoms with Gasteiger partial charge in [-0.15, -0.1) is 0 Å². The molecule has 0 radical (unpaired) electrons. The molecule has 1 aromatic carbocycles. The second-order valence-electron chi connectivity index (χ2n) is 5.15. The first-order chi connectivity index (χ1) is 8.99. The molecule has 104 valence electrons. The number of rotatable bonds is 3. The number of halogens is 2. The minimum absolute atomic E-state index is 0.289. The average Bonchev–Trinajstić information content (AvgIpc) is 2.86. The lowest BCUT2D eigenvalue weighted by Crippen LogP contribution is -2.12. The summed E-state index contributed by atoms with van der Waals surface area (Å²) in [6.45, 7) is 3.97. The number of methoxy groups -OCH3 is 1. The first kappa shape index (κ1) is 14.7. The largest absolute Gasteiger partial charge is 0.469 e. The van der Waals surface area contributed by atoms with Crippen molar-refractivity contribution in [3.8, 4) is 0 Å². The van der Waals surface area contributed by atoms with Crippen LogP contribution in [-0.4, -0.2) is 13.1 Å². The molecule has 2 atom stereocenters. The zero-order valence-electron chi connectivity index (χ0n) is 11.4. The Morgan fingerprint density at radius 1 is 1.42 bits per heavy atom. The molecule has 2 rings (SSSR count). The van der Waals surface area contributed by atoms with Gasteiger partial charge < -0.3 is 4.74 Å². The minimum Gasteiger partial charge on any atom is -0.469 e. The number of hydrogen-bond acceptors (Lipinski definition) is 2. The van der Waals surface area contributed by atoms with Crippen LogP contribution in [0.25, 0.3) is 0 Å². The number of ether oxygens (including phenoxy) is 1. The molecule has 0 fully saturated rings. The van der Waals surface area contributed by atoms with Gasteiger partial charge >= 0.3 is 5.97 Å². The van der Waals surface area contributed by atoms with Crippen LogP contribution in [0.4, 0.5) is 0 Å². The summed E-state index contributed by atoms with van der Waals surface area (Å²) in [7, 11) is 1.38. The zero-order chi connectivity index (χ0) is 14.2. The Labute approximate surface area is 124 Å². The number of benzene rings is 1. The fraction of sp³-hybridized carbons (Fsp3) is 0.533. The van der Waals surface area contributed by atoms with Crippen molar-refractivity contribution in [3.63, 3.8) is 0 Å². The molecule has 2 nitrogen and oxygen atoms in total. The summed E-state index contributed by atoms with van der Waals surface area (Å²) in [4.78, 5) is 11.7. The highest BCUT2D eigenvalue weighted by molar-refractivity contribution is 6.35. The van der Waals surface area contributed by atoms with Crippen molar-refractivity contribution in [2.24, 2.45) is 5.92 Å². The van der Waals surface area contributed by atoms with E-state index in [4.69, 9.17) is 27.9 Å². The van der Waals surface area contributed by atoms with Gasteiger partial charge in [0.1, 0.15) is 0 Å². The topological polar surface area (TPSA) is 26.3 Å². The van der Waals surface area contributed by atoms with E-state index in [1.165, 1.54) is 7.11 Å². The van der Waals surface area contributed by atoms with E-state index in [2.05, 4.69) is 6.92 Å². The molecule has 0 spiro atoms. The van der Waals surface area contributed by atoms with E-state index in [0.29, 0.717) is 10.9 Å². The Bertz CT molecular complexity index is 511. The Hall–Kier alpha value is -0.730. The van der Waals surface area contributed by atoms with Crippen LogP contribution >= 0.6 is 23.2 Å². The van der Waals surface area contributed by atoms with Gasteiger partial charge in [-0.2, -0.15) is 0 Å². The summed E-state index contributed by atoms with van der Waals surface area (Å²) in [5, 5.41) is 1.41. The predicted molar refractivity (Wildman–Crippen MR) is 78.1 cm³/mol. The van der Waals surface area contributed by atoms with Gasteiger partial charge in [-0.25, -0.2) is 0 Å². The Balaban J connectivity index is 2.45. The maximum Gasteiger partial charge on any atom is 0.312 e. The maximum absolute atomic E-state index is 11.7. The van der Waals surface area contributed by atoms with E-state index in [0.717, 1.165) is 41.0 Å². The van der Waals surface area contributed by atoms with Crippen LogP contribution in [0.5, 0.6) is 0 Å². The lowest BCUT2D eigenvalue weighted by atomic mass is 9.96. The van der Waals surface area contributed by atoms with Crippen LogP contribution < -0.4 is 0 Å². The quantitative estimate of drug-likeness (QED) is 0.774. The lowest BCUT2D eigenvalue weighted by Gasteiger charge is -2.15. The third-order valence-corrected chi connectivity index (χ3v) is 4.82. The Morgan fingerprint density at radius 2 is 2.05 bits per heavy atom. The van der Waals surface area contributed by atoms with E-state index in [9.17, 15) is 4.79 Å². The van der Waals surface area contributed by atoms with Gasteiger partial charge in [-0.3, -0.25) is 4.79 Å². The van der Waals surface area contributed by atoms with Crippen LogP contribution in [0.1, 0.15) is 42.9 Å². The first-order valence-corrected chi connectivity index (χ1v) is 7.32. The van der Waals surface area contributed by atoms with Crippen molar-refractivity contribution in [1.82, 2.24) is 0 Å². The molecule has 1 aromatic rings. The van der Waals surface area contributed by atoms with Gasteiger partial charge in [0, 0.05) is 10.0 Å². The number of carbonyl (C=O) groups excluding carboxylic acids is 1. The molecule has 1 aliphatic rings. The van der Waals surface area contributed by atoms with Gasteiger partial charge in [0.15, 0.2) is 0 Å². The standard InChI is InChI=1S/C15H18Cl2O2/c1-4-9-5-11-12(6-9)14(17)10(7-13(11)16)8(2)15(18)19-3/h7-9H,4-6H2,1-3H3. The first-order valence-electron chi connectivity index (χ1n) is 6.57. The average molecular weight is 301 g/mol. The zero-order valence-corrected chi connectivity index (χ0v) is 12.9. The van der Waals surface area contributed by atoms with Crippen LogP contribution in [0, 0.1) is 5.92 Å². The van der Waals surface area contributed by atoms with Gasteiger partial charge in [0.2, 0.25) is 0 Å². The number of carbonyl (C=O) groups is 1. The van der Waals surface area contributed by atoms with Crippen LogP contribution in [-0.2, 0) is 22.4 Å². The maximum atomic E-state index is 11.7. The highest BCUT2D eigenvalue weighted by Crippen LogP contribution is 2.42. The highest BCUT2D eigenvalue weighted by atomic mass is 35.5. The third kappa shape index (κ3) is 2.61. The van der Waals surface area contributed by atoms with E-state index in [-0.39, 0.29) is 11.9 Å². The molecule has 4 heteroatoms. The van der Waals surface area contributed by atoms with Gasteiger partial charge in [-0.1, -0.05) is 36.5 Å². The molecule has 0 saturated heterocycles. The fourth-order valence-electron chi connectivity index (χ4n) is 2.73. The number of esters is 1. The third-order valence-electron chi connectivity index (χ3n) is 4.04. The van der Waals surface area contributed by atoms with E-state index in [1.807, 2.05) is 6.07 Å².